The predicted molar refractivity (Wildman–Crippen MR) is 107 cm³/mol. The zero-order chi connectivity index (χ0) is 19.6. The number of nitrogens with one attached hydrogen (secondary N) is 2. The monoisotopic (exact) mass is 376 g/mol. The van der Waals surface area contributed by atoms with Gasteiger partial charge >= 0.3 is 12.2 Å². The van der Waals surface area contributed by atoms with E-state index in [1.807, 2.05) is 60.7 Å². The lowest BCUT2D eigenvalue weighted by molar-refractivity contribution is 0.153. The van der Waals surface area contributed by atoms with Crippen molar-refractivity contribution in [2.45, 2.75) is 13.2 Å². The third-order valence-corrected chi connectivity index (χ3v) is 3.80. The third kappa shape index (κ3) is 6.17. The molecule has 0 saturated heterocycles. The average Bonchev–Trinajstić information content (AvgIpc) is 2.73. The number of benzene rings is 3. The molecule has 0 bridgehead atoms. The Labute approximate surface area is 163 Å². The molecule has 3 aromatic rings. The minimum absolute atomic E-state index is 0.147. The fourth-order valence-electron chi connectivity index (χ4n) is 2.38. The van der Waals surface area contributed by atoms with Crippen molar-refractivity contribution in [2.75, 3.05) is 10.6 Å². The molecule has 6 heteroatoms. The summed E-state index contributed by atoms with van der Waals surface area (Å²) in [5, 5.41) is 5.30. The summed E-state index contributed by atoms with van der Waals surface area (Å²) in [6.45, 7) is 0.294. The predicted octanol–water partition coefficient (Wildman–Crippen LogP) is 5.18. The number of anilines is 2. The van der Waals surface area contributed by atoms with Crippen LogP contribution in [0.3, 0.4) is 0 Å². The highest BCUT2D eigenvalue weighted by Gasteiger charge is 2.05. The van der Waals surface area contributed by atoms with E-state index in [4.69, 9.17) is 9.47 Å². The summed E-state index contributed by atoms with van der Waals surface area (Å²) < 4.78 is 10.4. The first-order valence-corrected chi connectivity index (χ1v) is 8.74. The van der Waals surface area contributed by atoms with Gasteiger partial charge in [-0.2, -0.15) is 0 Å². The Kier molecular flexibility index (Phi) is 6.62. The Balaban J connectivity index is 1.40. The van der Waals surface area contributed by atoms with Gasteiger partial charge in [-0.25, -0.2) is 9.59 Å². The van der Waals surface area contributed by atoms with Gasteiger partial charge in [-0.3, -0.25) is 10.6 Å². The van der Waals surface area contributed by atoms with Crippen molar-refractivity contribution in [3.8, 4) is 0 Å². The summed E-state index contributed by atoms with van der Waals surface area (Å²) in [5.74, 6) is 0. The summed E-state index contributed by atoms with van der Waals surface area (Å²) in [4.78, 5) is 23.6. The van der Waals surface area contributed by atoms with Crippen molar-refractivity contribution >= 4 is 23.6 Å². The van der Waals surface area contributed by atoms with Crippen LogP contribution >= 0.6 is 0 Å². The molecule has 0 aromatic heterocycles. The highest BCUT2D eigenvalue weighted by Crippen LogP contribution is 2.10. The molecule has 0 saturated carbocycles. The number of ether oxygens (including phenoxy) is 2. The second kappa shape index (κ2) is 9.78. The van der Waals surface area contributed by atoms with E-state index in [0.717, 1.165) is 11.1 Å². The van der Waals surface area contributed by atoms with Crippen molar-refractivity contribution in [2.24, 2.45) is 0 Å². The van der Waals surface area contributed by atoms with E-state index in [9.17, 15) is 9.59 Å². The van der Waals surface area contributed by atoms with Crippen molar-refractivity contribution in [1.29, 1.82) is 0 Å². The van der Waals surface area contributed by atoms with Crippen LogP contribution in [-0.4, -0.2) is 12.2 Å². The van der Waals surface area contributed by atoms with Crippen LogP contribution in [0.1, 0.15) is 11.1 Å². The van der Waals surface area contributed by atoms with Gasteiger partial charge in [0.25, 0.3) is 0 Å². The molecule has 3 aromatic carbocycles. The van der Waals surface area contributed by atoms with Gasteiger partial charge in [0.2, 0.25) is 0 Å². The minimum Gasteiger partial charge on any atom is -0.444 e. The Hall–Kier alpha value is -3.80. The molecule has 2 amide bonds. The molecule has 0 atom stereocenters. The smallest absolute Gasteiger partial charge is 0.411 e. The van der Waals surface area contributed by atoms with Crippen LogP contribution in [0.4, 0.5) is 21.0 Å². The van der Waals surface area contributed by atoms with Crippen LogP contribution in [0.15, 0.2) is 84.9 Å². The summed E-state index contributed by atoms with van der Waals surface area (Å²) in [7, 11) is 0. The molecule has 0 aliphatic rings. The van der Waals surface area contributed by atoms with Crippen molar-refractivity contribution < 1.29 is 19.1 Å². The number of hydrogen-bond acceptors (Lipinski definition) is 4. The second-order valence-electron chi connectivity index (χ2n) is 5.95. The minimum atomic E-state index is -0.517. The zero-order valence-electron chi connectivity index (χ0n) is 15.1. The van der Waals surface area contributed by atoms with Gasteiger partial charge in [0.15, 0.2) is 0 Å². The van der Waals surface area contributed by atoms with Crippen molar-refractivity contribution in [3.05, 3.63) is 96.1 Å². The van der Waals surface area contributed by atoms with Gasteiger partial charge in [-0.05, 0) is 35.4 Å². The van der Waals surface area contributed by atoms with E-state index in [2.05, 4.69) is 10.6 Å². The molecule has 0 radical (unpaired) electrons. The first-order valence-electron chi connectivity index (χ1n) is 8.74. The van der Waals surface area contributed by atoms with Gasteiger partial charge in [0.1, 0.15) is 13.2 Å². The summed E-state index contributed by atoms with van der Waals surface area (Å²) in [6, 6.07) is 25.5. The van der Waals surface area contributed by atoms with E-state index >= 15 is 0 Å². The Morgan fingerprint density at radius 3 is 1.29 bits per heavy atom. The number of carbonyl (C=O) groups is 2. The molecule has 28 heavy (non-hydrogen) atoms. The molecule has 6 nitrogen and oxygen atoms in total. The fraction of sp³-hybridized carbons (Fsp3) is 0.0909. The average molecular weight is 376 g/mol. The molecule has 0 fully saturated rings. The van der Waals surface area contributed by atoms with Crippen molar-refractivity contribution in [1.82, 2.24) is 0 Å². The number of carbonyl (C=O) groups excluding carboxylic acids is 2. The first kappa shape index (κ1) is 19.0. The van der Waals surface area contributed by atoms with Gasteiger partial charge in [-0.15, -0.1) is 0 Å². The van der Waals surface area contributed by atoms with Gasteiger partial charge < -0.3 is 9.47 Å². The quantitative estimate of drug-likeness (QED) is 0.621. The fourth-order valence-corrected chi connectivity index (χ4v) is 2.38. The molecular formula is C22H20N2O4. The van der Waals surface area contributed by atoms with Crippen LogP contribution in [-0.2, 0) is 22.7 Å². The van der Waals surface area contributed by atoms with E-state index in [0.29, 0.717) is 11.4 Å². The molecule has 142 valence electrons. The summed E-state index contributed by atoms with van der Waals surface area (Å²) in [6.07, 6.45) is -1.03. The number of amides is 2. The molecule has 0 aliphatic carbocycles. The SMILES string of the molecule is O=C(Nc1ccccc1)OCc1ccc(COC(=O)Nc2ccccc2)cc1. The van der Waals surface area contributed by atoms with Crippen LogP contribution in [0.25, 0.3) is 0 Å². The maximum atomic E-state index is 11.8. The van der Waals surface area contributed by atoms with Gasteiger partial charge in [-0.1, -0.05) is 60.7 Å². The Morgan fingerprint density at radius 1 is 0.571 bits per heavy atom. The lowest BCUT2D eigenvalue weighted by atomic mass is 10.1. The first-order chi connectivity index (χ1) is 13.7. The maximum Gasteiger partial charge on any atom is 0.411 e. The standard InChI is InChI=1S/C22H20N2O4/c25-21(23-19-7-3-1-4-8-19)27-15-17-11-13-18(14-12-17)16-28-22(26)24-20-9-5-2-6-10-20/h1-14H,15-16H2,(H,23,25)(H,24,26). The molecule has 3 rings (SSSR count). The number of para-hydroxylation sites is 2. The third-order valence-electron chi connectivity index (χ3n) is 3.80. The van der Waals surface area contributed by atoms with Crippen LogP contribution in [0, 0.1) is 0 Å². The Morgan fingerprint density at radius 2 is 0.929 bits per heavy atom. The van der Waals surface area contributed by atoms with Crippen molar-refractivity contribution in [3.63, 3.8) is 0 Å². The maximum absolute atomic E-state index is 11.8. The Bertz CT molecular complexity index is 820. The molecular weight excluding hydrogens is 356 g/mol. The van der Waals surface area contributed by atoms with E-state index in [1.165, 1.54) is 0 Å². The largest absolute Gasteiger partial charge is 0.444 e. The highest BCUT2D eigenvalue weighted by atomic mass is 16.6. The van der Waals surface area contributed by atoms with Crippen LogP contribution in [0.2, 0.25) is 0 Å². The summed E-state index contributed by atoms with van der Waals surface area (Å²) >= 11 is 0. The number of rotatable bonds is 6. The second-order valence-corrected chi connectivity index (χ2v) is 5.95. The molecule has 0 heterocycles. The molecule has 0 aliphatic heterocycles. The van der Waals surface area contributed by atoms with E-state index < -0.39 is 12.2 Å². The molecule has 2 N–H and O–H groups in total. The lowest BCUT2D eigenvalue weighted by Gasteiger charge is -2.09. The van der Waals surface area contributed by atoms with Gasteiger partial charge in [0.05, 0.1) is 0 Å². The van der Waals surface area contributed by atoms with E-state index in [-0.39, 0.29) is 13.2 Å². The summed E-state index contributed by atoms with van der Waals surface area (Å²) in [5.41, 5.74) is 3.02. The molecule has 0 spiro atoms. The lowest BCUT2D eigenvalue weighted by Crippen LogP contribution is -2.14. The van der Waals surface area contributed by atoms with Crippen LogP contribution in [0.5, 0.6) is 0 Å². The zero-order valence-corrected chi connectivity index (χ0v) is 15.1. The topological polar surface area (TPSA) is 76.7 Å². The highest BCUT2D eigenvalue weighted by molar-refractivity contribution is 5.85. The van der Waals surface area contributed by atoms with Gasteiger partial charge in [0, 0.05) is 11.4 Å². The molecule has 0 unspecified atom stereocenters. The number of hydrogen-bond donors (Lipinski definition) is 2. The normalized spacial score (nSPS) is 10.0. The van der Waals surface area contributed by atoms with Crippen LogP contribution < -0.4 is 10.6 Å². The van der Waals surface area contributed by atoms with E-state index in [1.54, 1.807) is 24.3 Å².